The lowest BCUT2D eigenvalue weighted by Gasteiger charge is -1.97. The molecule has 2 aromatic carbocycles. The Morgan fingerprint density at radius 1 is 1.19 bits per heavy atom. The molecule has 1 aromatic heterocycles. The Morgan fingerprint density at radius 3 is 2.71 bits per heavy atom. The van der Waals surface area contributed by atoms with E-state index in [9.17, 15) is 8.42 Å². The molecule has 1 heterocycles. The molecule has 0 radical (unpaired) electrons. The van der Waals surface area contributed by atoms with Gasteiger partial charge in [-0.15, -0.1) is 11.6 Å². The summed E-state index contributed by atoms with van der Waals surface area (Å²) in [6, 6.07) is 12.2. The minimum Gasteiger partial charge on any atom is -0.436 e. The molecular weight excluding hydrogens is 310 g/mol. The standard InChI is InChI=1S/C15H12ClNO3S/c1-21(18,19)12-5-6-14-13(8-12)17-15(20-14)11-4-2-3-10(7-11)9-16/h2-8H,9H2,1H3. The summed E-state index contributed by atoms with van der Waals surface area (Å²) in [5.74, 6) is 0.856. The summed E-state index contributed by atoms with van der Waals surface area (Å²) >= 11 is 5.82. The molecule has 3 aromatic rings. The maximum absolute atomic E-state index is 11.6. The van der Waals surface area contributed by atoms with E-state index in [-0.39, 0.29) is 4.90 Å². The summed E-state index contributed by atoms with van der Waals surface area (Å²) < 4.78 is 28.8. The van der Waals surface area contributed by atoms with Crippen LogP contribution in [0.1, 0.15) is 5.56 Å². The minimum atomic E-state index is -3.26. The van der Waals surface area contributed by atoms with Gasteiger partial charge in [0, 0.05) is 17.7 Å². The number of nitrogens with zero attached hydrogens (tertiary/aromatic N) is 1. The molecule has 0 saturated heterocycles. The highest BCUT2D eigenvalue weighted by atomic mass is 35.5. The van der Waals surface area contributed by atoms with Crippen molar-refractivity contribution in [2.24, 2.45) is 0 Å². The first-order valence-electron chi connectivity index (χ1n) is 6.23. The van der Waals surface area contributed by atoms with Gasteiger partial charge in [-0.2, -0.15) is 0 Å². The molecule has 3 rings (SSSR count). The van der Waals surface area contributed by atoms with Crippen molar-refractivity contribution in [2.45, 2.75) is 10.8 Å². The summed E-state index contributed by atoms with van der Waals surface area (Å²) in [7, 11) is -3.26. The van der Waals surface area contributed by atoms with Gasteiger partial charge >= 0.3 is 0 Å². The van der Waals surface area contributed by atoms with E-state index in [1.165, 1.54) is 18.4 Å². The number of sulfone groups is 1. The predicted molar refractivity (Wildman–Crippen MR) is 82.1 cm³/mol. The van der Waals surface area contributed by atoms with Crippen molar-refractivity contribution in [3.05, 3.63) is 48.0 Å². The monoisotopic (exact) mass is 321 g/mol. The van der Waals surface area contributed by atoms with Crippen LogP contribution in [0.3, 0.4) is 0 Å². The molecule has 0 atom stereocenters. The number of benzene rings is 2. The SMILES string of the molecule is CS(=O)(=O)c1ccc2oc(-c3cccc(CCl)c3)nc2c1. The third-order valence-electron chi connectivity index (χ3n) is 3.12. The van der Waals surface area contributed by atoms with Crippen molar-refractivity contribution in [3.8, 4) is 11.5 Å². The second-order valence-electron chi connectivity index (χ2n) is 4.75. The van der Waals surface area contributed by atoms with Crippen LogP contribution in [0.4, 0.5) is 0 Å². The number of fused-ring (bicyclic) bond motifs is 1. The van der Waals surface area contributed by atoms with Crippen LogP contribution in [-0.2, 0) is 15.7 Å². The Balaban J connectivity index is 2.12. The topological polar surface area (TPSA) is 60.2 Å². The highest BCUT2D eigenvalue weighted by Gasteiger charge is 2.13. The summed E-state index contributed by atoms with van der Waals surface area (Å²) in [6.07, 6.45) is 1.17. The number of hydrogen-bond acceptors (Lipinski definition) is 4. The van der Waals surface area contributed by atoms with Gasteiger partial charge in [0.05, 0.1) is 4.90 Å². The van der Waals surface area contributed by atoms with Crippen LogP contribution in [0.2, 0.25) is 0 Å². The molecule has 0 bridgehead atoms. The van der Waals surface area contributed by atoms with Crippen LogP contribution in [-0.4, -0.2) is 19.7 Å². The van der Waals surface area contributed by atoms with Gasteiger partial charge in [-0.1, -0.05) is 12.1 Å². The van der Waals surface area contributed by atoms with Crippen molar-refractivity contribution in [2.75, 3.05) is 6.26 Å². The molecule has 0 saturated carbocycles. The Labute approximate surface area is 127 Å². The number of alkyl halides is 1. The van der Waals surface area contributed by atoms with Crippen LogP contribution >= 0.6 is 11.6 Å². The summed E-state index contributed by atoms with van der Waals surface area (Å²) in [6.45, 7) is 0. The van der Waals surface area contributed by atoms with Gasteiger partial charge < -0.3 is 4.42 Å². The normalized spacial score (nSPS) is 11.9. The molecule has 0 aliphatic rings. The second kappa shape index (κ2) is 5.16. The van der Waals surface area contributed by atoms with Crippen LogP contribution in [0.15, 0.2) is 51.8 Å². The van der Waals surface area contributed by atoms with Crippen LogP contribution in [0.5, 0.6) is 0 Å². The zero-order valence-corrected chi connectivity index (χ0v) is 12.8. The first-order valence-corrected chi connectivity index (χ1v) is 8.66. The van der Waals surface area contributed by atoms with E-state index in [1.54, 1.807) is 6.07 Å². The molecule has 0 N–H and O–H groups in total. The van der Waals surface area contributed by atoms with Gasteiger partial charge in [0.1, 0.15) is 5.52 Å². The average Bonchev–Trinajstić information content (AvgIpc) is 2.89. The van der Waals surface area contributed by atoms with Crippen molar-refractivity contribution in [1.29, 1.82) is 0 Å². The lowest BCUT2D eigenvalue weighted by Crippen LogP contribution is -1.95. The second-order valence-corrected chi connectivity index (χ2v) is 7.04. The lowest BCUT2D eigenvalue weighted by atomic mass is 10.1. The fraction of sp³-hybridized carbons (Fsp3) is 0.133. The zero-order chi connectivity index (χ0) is 15.0. The maximum Gasteiger partial charge on any atom is 0.227 e. The molecular formula is C15H12ClNO3S. The molecule has 0 fully saturated rings. The molecule has 21 heavy (non-hydrogen) atoms. The Bertz CT molecular complexity index is 916. The van der Waals surface area contributed by atoms with E-state index in [0.717, 1.165) is 11.1 Å². The van der Waals surface area contributed by atoms with Crippen molar-refractivity contribution >= 4 is 32.5 Å². The van der Waals surface area contributed by atoms with E-state index in [1.807, 2.05) is 24.3 Å². The first-order chi connectivity index (χ1) is 9.97. The van der Waals surface area contributed by atoms with E-state index >= 15 is 0 Å². The molecule has 0 aliphatic heterocycles. The van der Waals surface area contributed by atoms with E-state index in [2.05, 4.69) is 4.98 Å². The minimum absolute atomic E-state index is 0.226. The number of rotatable bonds is 3. The maximum atomic E-state index is 11.6. The van der Waals surface area contributed by atoms with Gasteiger partial charge in [-0.05, 0) is 35.9 Å². The smallest absolute Gasteiger partial charge is 0.227 e. The van der Waals surface area contributed by atoms with E-state index < -0.39 is 9.84 Å². The average molecular weight is 322 g/mol. The number of oxazole rings is 1. The predicted octanol–water partition coefficient (Wildman–Crippen LogP) is 3.64. The summed E-state index contributed by atoms with van der Waals surface area (Å²) in [4.78, 5) is 4.58. The molecule has 0 spiro atoms. The van der Waals surface area contributed by atoms with Crippen molar-refractivity contribution < 1.29 is 12.8 Å². The quantitative estimate of drug-likeness (QED) is 0.691. The van der Waals surface area contributed by atoms with Gasteiger partial charge in [0.2, 0.25) is 5.89 Å². The van der Waals surface area contributed by atoms with Gasteiger partial charge in [-0.25, -0.2) is 13.4 Å². The van der Waals surface area contributed by atoms with E-state index in [4.69, 9.17) is 16.0 Å². The van der Waals surface area contributed by atoms with Gasteiger partial charge in [0.25, 0.3) is 0 Å². The zero-order valence-electron chi connectivity index (χ0n) is 11.2. The molecule has 108 valence electrons. The van der Waals surface area contributed by atoms with Crippen LogP contribution in [0.25, 0.3) is 22.6 Å². The highest BCUT2D eigenvalue weighted by molar-refractivity contribution is 7.90. The third kappa shape index (κ3) is 2.80. The largest absolute Gasteiger partial charge is 0.436 e. The Kier molecular flexibility index (Phi) is 3.47. The molecule has 0 amide bonds. The van der Waals surface area contributed by atoms with E-state index in [0.29, 0.717) is 22.9 Å². The number of halogens is 1. The Morgan fingerprint density at radius 2 is 2.00 bits per heavy atom. The van der Waals surface area contributed by atoms with Crippen molar-refractivity contribution in [1.82, 2.24) is 4.98 Å². The highest BCUT2D eigenvalue weighted by Crippen LogP contribution is 2.26. The van der Waals surface area contributed by atoms with Crippen LogP contribution < -0.4 is 0 Å². The number of hydrogen-bond donors (Lipinski definition) is 0. The summed E-state index contributed by atoms with van der Waals surface area (Å²) in [5.41, 5.74) is 2.84. The lowest BCUT2D eigenvalue weighted by molar-refractivity contribution is 0.602. The third-order valence-corrected chi connectivity index (χ3v) is 4.53. The molecule has 0 unspecified atom stereocenters. The fourth-order valence-corrected chi connectivity index (χ4v) is 2.86. The number of aromatic nitrogens is 1. The molecule has 4 nitrogen and oxygen atoms in total. The Hall–Kier alpha value is -1.85. The van der Waals surface area contributed by atoms with Crippen LogP contribution in [0, 0.1) is 0 Å². The molecule has 0 aliphatic carbocycles. The van der Waals surface area contributed by atoms with Crippen molar-refractivity contribution in [3.63, 3.8) is 0 Å². The van der Waals surface area contributed by atoms with Gasteiger partial charge in [0.15, 0.2) is 15.4 Å². The van der Waals surface area contributed by atoms with Gasteiger partial charge in [-0.3, -0.25) is 0 Å². The fourth-order valence-electron chi connectivity index (χ4n) is 2.05. The first kappa shape index (κ1) is 14.1. The summed E-state index contributed by atoms with van der Waals surface area (Å²) in [5, 5.41) is 0. The molecule has 6 heteroatoms.